The predicted molar refractivity (Wildman–Crippen MR) is 51.1 cm³/mol. The van der Waals surface area contributed by atoms with E-state index in [1.165, 1.54) is 0 Å². The smallest absolute Gasteiger partial charge is 0.408 e. The Balaban J connectivity index is 2.10. The highest BCUT2D eigenvalue weighted by Crippen LogP contribution is 2.26. The minimum atomic E-state index is -0.467. The van der Waals surface area contributed by atoms with Gasteiger partial charge in [-0.3, -0.25) is 4.79 Å². The van der Waals surface area contributed by atoms with Crippen LogP contribution in [0, 0.1) is 5.92 Å². The molecule has 1 fully saturated rings. The second-order valence-corrected chi connectivity index (χ2v) is 3.56. The Labute approximate surface area is 87.4 Å². The number of allylic oxidation sites excluding steroid dienone is 1. The second-order valence-electron chi connectivity index (χ2n) is 3.56. The van der Waals surface area contributed by atoms with Gasteiger partial charge < -0.3 is 14.8 Å². The third kappa shape index (κ3) is 1.82. The first-order chi connectivity index (χ1) is 7.22. The molecule has 5 nitrogen and oxygen atoms in total. The van der Waals surface area contributed by atoms with E-state index in [0.29, 0.717) is 13.0 Å². The Morgan fingerprint density at radius 3 is 3.27 bits per heavy atom. The molecule has 1 aliphatic heterocycles. The molecule has 0 aromatic heterocycles. The molecule has 5 heteroatoms. The predicted octanol–water partition coefficient (Wildman–Crippen LogP) is 0.603. The molecule has 15 heavy (non-hydrogen) atoms. The van der Waals surface area contributed by atoms with Crippen molar-refractivity contribution in [3.05, 3.63) is 12.2 Å². The van der Waals surface area contributed by atoms with E-state index >= 15 is 0 Å². The minimum Gasteiger partial charge on any atom is -0.466 e. The summed E-state index contributed by atoms with van der Waals surface area (Å²) < 4.78 is 9.92. The normalized spacial score (nSPS) is 32.9. The lowest BCUT2D eigenvalue weighted by Gasteiger charge is -2.25. The lowest BCUT2D eigenvalue weighted by atomic mass is 9.88. The van der Waals surface area contributed by atoms with Crippen molar-refractivity contribution in [2.24, 2.45) is 5.92 Å². The molecular weight excluding hydrogens is 198 g/mol. The molecule has 1 aliphatic carbocycles. The summed E-state index contributed by atoms with van der Waals surface area (Å²) in [5.41, 5.74) is 0. The van der Waals surface area contributed by atoms with Crippen LogP contribution in [-0.2, 0) is 14.3 Å². The molecule has 0 spiro atoms. The van der Waals surface area contributed by atoms with Crippen LogP contribution in [0.4, 0.5) is 4.79 Å². The number of nitrogens with one attached hydrogen (secondary N) is 1. The second kappa shape index (κ2) is 3.92. The van der Waals surface area contributed by atoms with Crippen LogP contribution >= 0.6 is 0 Å². The quantitative estimate of drug-likeness (QED) is 0.536. The minimum absolute atomic E-state index is 0.275. The number of carbonyl (C=O) groups is 2. The van der Waals surface area contributed by atoms with Gasteiger partial charge in [0.2, 0.25) is 0 Å². The average molecular weight is 211 g/mol. The van der Waals surface area contributed by atoms with Gasteiger partial charge in [0, 0.05) is 0 Å². The molecule has 0 aromatic carbocycles. The van der Waals surface area contributed by atoms with Gasteiger partial charge in [-0.1, -0.05) is 6.08 Å². The fraction of sp³-hybridized carbons (Fsp3) is 0.600. The Morgan fingerprint density at radius 2 is 2.53 bits per heavy atom. The van der Waals surface area contributed by atoms with Gasteiger partial charge in [-0.05, 0) is 19.4 Å². The van der Waals surface area contributed by atoms with Gasteiger partial charge in [0.05, 0.1) is 18.6 Å². The molecule has 3 atom stereocenters. The SMILES string of the molecule is CCOC(=O)[C@H]1CC=C[C@@H]2OC(=O)N[C@@H]21. The third-order valence-corrected chi connectivity index (χ3v) is 2.62. The van der Waals surface area contributed by atoms with Crippen LogP contribution in [0.15, 0.2) is 12.2 Å². The zero-order chi connectivity index (χ0) is 10.8. The number of carbonyl (C=O) groups excluding carboxylic acids is 2. The maximum absolute atomic E-state index is 11.6. The van der Waals surface area contributed by atoms with Gasteiger partial charge in [-0.2, -0.15) is 0 Å². The molecule has 2 rings (SSSR count). The largest absolute Gasteiger partial charge is 0.466 e. The molecule has 0 unspecified atom stereocenters. The number of hydrogen-bond donors (Lipinski definition) is 1. The van der Waals surface area contributed by atoms with Crippen LogP contribution in [0.25, 0.3) is 0 Å². The lowest BCUT2D eigenvalue weighted by molar-refractivity contribution is -0.149. The summed E-state index contributed by atoms with van der Waals surface area (Å²) in [5.74, 6) is -0.603. The van der Waals surface area contributed by atoms with E-state index in [0.717, 1.165) is 0 Å². The number of alkyl carbamates (subject to hydrolysis) is 1. The van der Waals surface area contributed by atoms with Crippen LogP contribution in [0.3, 0.4) is 0 Å². The molecule has 0 aromatic rings. The molecule has 0 bridgehead atoms. The van der Waals surface area contributed by atoms with E-state index in [1.54, 1.807) is 13.0 Å². The zero-order valence-electron chi connectivity index (χ0n) is 8.43. The summed E-state index contributed by atoms with van der Waals surface area (Å²) in [7, 11) is 0. The van der Waals surface area contributed by atoms with E-state index < -0.39 is 6.09 Å². The van der Waals surface area contributed by atoms with Crippen molar-refractivity contribution in [3.63, 3.8) is 0 Å². The molecule has 1 amide bonds. The topological polar surface area (TPSA) is 64.6 Å². The standard InChI is InChI=1S/C10H13NO4/c1-2-14-9(12)6-4-3-5-7-8(6)11-10(13)15-7/h3,5-8H,2,4H2,1H3,(H,11,13)/t6-,7-,8+/m0/s1. The molecule has 2 aliphatic rings. The number of amides is 1. The van der Waals surface area contributed by atoms with Crippen molar-refractivity contribution in [1.82, 2.24) is 5.32 Å². The fourth-order valence-electron chi connectivity index (χ4n) is 1.94. The first kappa shape index (κ1) is 10.0. The van der Waals surface area contributed by atoms with Crippen LogP contribution in [0.5, 0.6) is 0 Å². The van der Waals surface area contributed by atoms with Crippen LogP contribution in [-0.4, -0.2) is 30.8 Å². The average Bonchev–Trinajstić information content (AvgIpc) is 2.57. The number of ether oxygens (including phenoxy) is 2. The van der Waals surface area contributed by atoms with Crippen LogP contribution in [0.2, 0.25) is 0 Å². The van der Waals surface area contributed by atoms with Crippen LogP contribution < -0.4 is 5.32 Å². The molecule has 1 N–H and O–H groups in total. The highest BCUT2D eigenvalue weighted by Gasteiger charge is 2.43. The van der Waals surface area contributed by atoms with E-state index in [1.807, 2.05) is 6.08 Å². The van der Waals surface area contributed by atoms with Crippen molar-refractivity contribution in [2.45, 2.75) is 25.5 Å². The van der Waals surface area contributed by atoms with Gasteiger partial charge >= 0.3 is 12.1 Å². The summed E-state index contributed by atoms with van der Waals surface area (Å²) in [6.45, 7) is 2.11. The Hall–Kier alpha value is -1.52. The van der Waals surface area contributed by atoms with E-state index in [4.69, 9.17) is 9.47 Å². The van der Waals surface area contributed by atoms with E-state index in [9.17, 15) is 9.59 Å². The molecule has 0 radical (unpaired) electrons. The maximum Gasteiger partial charge on any atom is 0.408 e. The van der Waals surface area contributed by atoms with Crippen molar-refractivity contribution in [2.75, 3.05) is 6.61 Å². The number of esters is 1. The molecule has 82 valence electrons. The molecular formula is C10H13NO4. The highest BCUT2D eigenvalue weighted by molar-refractivity contribution is 5.78. The first-order valence-electron chi connectivity index (χ1n) is 5.03. The van der Waals surface area contributed by atoms with Gasteiger partial charge in [0.1, 0.15) is 6.10 Å². The Kier molecular flexibility index (Phi) is 2.62. The summed E-state index contributed by atoms with van der Waals surface area (Å²) in [5, 5.41) is 2.63. The summed E-state index contributed by atoms with van der Waals surface area (Å²) >= 11 is 0. The number of fused-ring (bicyclic) bond motifs is 1. The number of hydrogen-bond acceptors (Lipinski definition) is 4. The lowest BCUT2D eigenvalue weighted by Crippen LogP contribution is -2.44. The van der Waals surface area contributed by atoms with E-state index in [-0.39, 0.29) is 24.0 Å². The third-order valence-electron chi connectivity index (χ3n) is 2.62. The first-order valence-corrected chi connectivity index (χ1v) is 5.03. The fourth-order valence-corrected chi connectivity index (χ4v) is 1.94. The Morgan fingerprint density at radius 1 is 1.73 bits per heavy atom. The van der Waals surface area contributed by atoms with Gasteiger partial charge in [0.15, 0.2) is 0 Å². The van der Waals surface area contributed by atoms with Crippen molar-refractivity contribution in [3.8, 4) is 0 Å². The van der Waals surface area contributed by atoms with Crippen molar-refractivity contribution < 1.29 is 19.1 Å². The highest BCUT2D eigenvalue weighted by atomic mass is 16.6. The maximum atomic E-state index is 11.6. The summed E-state index contributed by atoms with van der Waals surface area (Å²) in [6, 6.07) is -0.276. The van der Waals surface area contributed by atoms with Gasteiger partial charge in [-0.25, -0.2) is 4.79 Å². The van der Waals surface area contributed by atoms with Gasteiger partial charge in [0.25, 0.3) is 0 Å². The molecule has 1 saturated heterocycles. The van der Waals surface area contributed by atoms with Crippen molar-refractivity contribution >= 4 is 12.1 Å². The van der Waals surface area contributed by atoms with Gasteiger partial charge in [-0.15, -0.1) is 0 Å². The van der Waals surface area contributed by atoms with Crippen molar-refractivity contribution in [1.29, 1.82) is 0 Å². The zero-order valence-corrected chi connectivity index (χ0v) is 8.43. The molecule has 1 heterocycles. The Bertz CT molecular complexity index is 313. The number of rotatable bonds is 2. The summed E-state index contributed by atoms with van der Waals surface area (Å²) in [6.07, 6.45) is 3.44. The van der Waals surface area contributed by atoms with Crippen LogP contribution in [0.1, 0.15) is 13.3 Å². The molecule has 0 saturated carbocycles. The monoisotopic (exact) mass is 211 g/mol. The van der Waals surface area contributed by atoms with E-state index in [2.05, 4.69) is 5.32 Å². The summed E-state index contributed by atoms with van der Waals surface area (Å²) in [4.78, 5) is 22.6.